The van der Waals surface area contributed by atoms with Gasteiger partial charge in [-0.1, -0.05) is 109 Å². The summed E-state index contributed by atoms with van der Waals surface area (Å²) >= 11 is 1.84. The third kappa shape index (κ3) is 3.24. The van der Waals surface area contributed by atoms with Crippen LogP contribution in [0.5, 0.6) is 0 Å². The molecule has 10 rings (SSSR count). The van der Waals surface area contributed by atoms with Gasteiger partial charge >= 0.3 is 0 Å². The normalized spacial score (nSPS) is 12.1. The van der Waals surface area contributed by atoms with Gasteiger partial charge in [0.2, 0.25) is 0 Å². The highest BCUT2D eigenvalue weighted by Gasteiger charge is 2.23. The van der Waals surface area contributed by atoms with Gasteiger partial charge in [0.05, 0.1) is 5.52 Å². The molecule has 0 saturated carbocycles. The van der Waals surface area contributed by atoms with Crippen molar-refractivity contribution in [2.45, 2.75) is 0 Å². The topological polar surface area (TPSA) is 51.8 Å². The van der Waals surface area contributed by atoms with Crippen molar-refractivity contribution < 1.29 is 4.42 Å². The van der Waals surface area contributed by atoms with Crippen LogP contribution in [0.15, 0.2) is 132 Å². The molecular weight excluding hydrogens is 559 g/mol. The fourth-order valence-corrected chi connectivity index (χ4v) is 8.02. The van der Waals surface area contributed by atoms with Gasteiger partial charge in [0.25, 0.3) is 0 Å². The predicted octanol–water partition coefficient (Wildman–Crippen LogP) is 10.9. The first-order valence-corrected chi connectivity index (χ1v) is 15.4. The van der Waals surface area contributed by atoms with Crippen LogP contribution in [0.25, 0.3) is 97.5 Å². The van der Waals surface area contributed by atoms with E-state index in [1.54, 1.807) is 0 Å². The summed E-state index contributed by atoms with van der Waals surface area (Å²) in [5.74, 6) is 0.585. The van der Waals surface area contributed by atoms with Gasteiger partial charge in [-0.3, -0.25) is 0 Å². The Labute approximate surface area is 254 Å². The molecule has 10 aromatic rings. The lowest BCUT2D eigenvalue weighted by Gasteiger charge is -2.13. The highest BCUT2D eigenvalue weighted by Crippen LogP contribution is 2.47. The van der Waals surface area contributed by atoms with Crippen LogP contribution in [0.1, 0.15) is 0 Å². The molecule has 4 nitrogen and oxygen atoms in total. The van der Waals surface area contributed by atoms with Gasteiger partial charge in [-0.05, 0) is 29.0 Å². The van der Waals surface area contributed by atoms with E-state index in [-0.39, 0.29) is 0 Å². The van der Waals surface area contributed by atoms with Crippen molar-refractivity contribution in [3.05, 3.63) is 127 Å². The van der Waals surface area contributed by atoms with Crippen LogP contribution in [0, 0.1) is 0 Å². The molecule has 0 radical (unpaired) electrons. The van der Waals surface area contributed by atoms with Crippen molar-refractivity contribution in [3.63, 3.8) is 0 Å². The van der Waals surface area contributed by atoms with Crippen molar-refractivity contribution in [3.8, 4) is 22.8 Å². The summed E-state index contributed by atoms with van der Waals surface area (Å²) in [5, 5.41) is 9.24. The van der Waals surface area contributed by atoms with Crippen molar-refractivity contribution in [1.82, 2.24) is 15.0 Å². The zero-order valence-corrected chi connectivity index (χ0v) is 24.1. The molecule has 0 N–H and O–H groups in total. The summed E-state index contributed by atoms with van der Waals surface area (Å²) in [5.41, 5.74) is 5.74. The van der Waals surface area contributed by atoms with E-state index in [0.29, 0.717) is 11.4 Å². The van der Waals surface area contributed by atoms with Gasteiger partial charge in [0.15, 0.2) is 11.4 Å². The SMILES string of the molecule is c1ccc(-c2nc(-c3nc4c5ccccc5c5c6ccccc6sc5c4c4ccccc34)nc3c2oc2ccccc23)cc1. The van der Waals surface area contributed by atoms with Gasteiger partial charge in [0, 0.05) is 47.3 Å². The number of para-hydroxylation sites is 1. The Morgan fingerprint density at radius 2 is 1.09 bits per heavy atom. The van der Waals surface area contributed by atoms with Crippen LogP contribution in [0.3, 0.4) is 0 Å². The number of aromatic nitrogens is 3. The molecule has 5 heteroatoms. The Bertz CT molecular complexity index is 2780. The maximum Gasteiger partial charge on any atom is 0.180 e. The average Bonchev–Trinajstić information content (AvgIpc) is 3.67. The van der Waals surface area contributed by atoms with E-state index in [9.17, 15) is 0 Å². The minimum atomic E-state index is 0.585. The van der Waals surface area contributed by atoms with E-state index in [0.717, 1.165) is 55.1 Å². The van der Waals surface area contributed by atoms with Crippen molar-refractivity contribution >= 4 is 86.0 Å². The van der Waals surface area contributed by atoms with Crippen LogP contribution in [0.4, 0.5) is 0 Å². The molecule has 44 heavy (non-hydrogen) atoms. The van der Waals surface area contributed by atoms with Gasteiger partial charge in [0.1, 0.15) is 22.5 Å². The number of thiophene rings is 1. The van der Waals surface area contributed by atoms with Gasteiger partial charge < -0.3 is 4.42 Å². The molecule has 0 atom stereocenters. The quantitative estimate of drug-likeness (QED) is 0.191. The summed E-state index contributed by atoms with van der Waals surface area (Å²) in [6, 6.07) is 44.1. The second-order valence-electron chi connectivity index (χ2n) is 11.1. The molecule has 0 saturated heterocycles. The van der Waals surface area contributed by atoms with E-state index in [4.69, 9.17) is 19.4 Å². The van der Waals surface area contributed by atoms with Gasteiger partial charge in [-0.25, -0.2) is 15.0 Å². The Morgan fingerprint density at radius 1 is 0.455 bits per heavy atom. The number of rotatable bonds is 2. The first kappa shape index (κ1) is 23.9. The highest BCUT2D eigenvalue weighted by atomic mass is 32.1. The number of pyridine rings is 1. The van der Waals surface area contributed by atoms with Crippen LogP contribution < -0.4 is 0 Å². The van der Waals surface area contributed by atoms with E-state index in [1.807, 2.05) is 47.7 Å². The lowest BCUT2D eigenvalue weighted by molar-refractivity contribution is 0.667. The Morgan fingerprint density at radius 3 is 1.91 bits per heavy atom. The maximum absolute atomic E-state index is 6.38. The number of fused-ring (bicyclic) bond motifs is 13. The summed E-state index contributed by atoms with van der Waals surface area (Å²) in [6.45, 7) is 0. The summed E-state index contributed by atoms with van der Waals surface area (Å²) in [4.78, 5) is 15.9. The monoisotopic (exact) mass is 579 g/mol. The highest BCUT2D eigenvalue weighted by molar-refractivity contribution is 7.27. The Kier molecular flexibility index (Phi) is 4.84. The Balaban J connectivity index is 1.40. The molecule has 6 aromatic carbocycles. The average molecular weight is 580 g/mol. The molecule has 0 spiro atoms. The lowest BCUT2D eigenvalue weighted by atomic mass is 9.96. The lowest BCUT2D eigenvalue weighted by Crippen LogP contribution is -1.98. The van der Waals surface area contributed by atoms with Crippen LogP contribution in [0.2, 0.25) is 0 Å². The molecule has 0 fully saturated rings. The molecule has 4 aromatic heterocycles. The standard InChI is InChI=1S/C39H21N3OS/c1-2-12-22(13-3-1)33-37-35(27-18-8-10-20-29(27)43-37)42-39(41-33)36-26-17-7-5-15-24(26)32-34(40-36)25-16-6-4-14-23(25)31-28-19-9-11-21-30(28)44-38(31)32/h1-21H. The van der Waals surface area contributed by atoms with E-state index < -0.39 is 0 Å². The number of nitrogens with zero attached hydrogens (tertiary/aromatic N) is 3. The minimum absolute atomic E-state index is 0.585. The number of hydrogen-bond acceptors (Lipinski definition) is 5. The van der Waals surface area contributed by atoms with E-state index in [1.165, 1.54) is 30.9 Å². The van der Waals surface area contributed by atoms with E-state index in [2.05, 4.69) is 91.0 Å². The predicted molar refractivity (Wildman–Crippen MR) is 183 cm³/mol. The van der Waals surface area contributed by atoms with Crippen LogP contribution in [-0.4, -0.2) is 15.0 Å². The van der Waals surface area contributed by atoms with Crippen LogP contribution in [-0.2, 0) is 0 Å². The largest absolute Gasteiger partial charge is 0.452 e. The van der Waals surface area contributed by atoms with Crippen molar-refractivity contribution in [1.29, 1.82) is 0 Å². The first-order valence-electron chi connectivity index (χ1n) is 14.6. The molecule has 204 valence electrons. The van der Waals surface area contributed by atoms with Gasteiger partial charge in [-0.2, -0.15) is 0 Å². The molecule has 0 amide bonds. The molecule has 0 aliphatic rings. The molecule has 0 unspecified atom stereocenters. The van der Waals surface area contributed by atoms with Crippen molar-refractivity contribution in [2.75, 3.05) is 0 Å². The number of benzene rings is 6. The summed E-state index contributed by atoms with van der Waals surface area (Å²) < 4.78 is 8.92. The summed E-state index contributed by atoms with van der Waals surface area (Å²) in [7, 11) is 0. The second-order valence-corrected chi connectivity index (χ2v) is 12.2. The maximum atomic E-state index is 6.38. The second kappa shape index (κ2) is 8.93. The minimum Gasteiger partial charge on any atom is -0.452 e. The molecule has 4 heterocycles. The fourth-order valence-electron chi connectivity index (χ4n) is 6.74. The Hall–Kier alpha value is -5.65. The smallest absolute Gasteiger partial charge is 0.180 e. The first-order chi connectivity index (χ1) is 21.8. The van der Waals surface area contributed by atoms with Crippen LogP contribution >= 0.6 is 11.3 Å². The molecule has 0 aliphatic heterocycles. The fraction of sp³-hybridized carbons (Fsp3) is 0. The third-order valence-corrected chi connectivity index (χ3v) is 9.85. The summed E-state index contributed by atoms with van der Waals surface area (Å²) in [6.07, 6.45) is 0. The number of hydrogen-bond donors (Lipinski definition) is 0. The van der Waals surface area contributed by atoms with Crippen molar-refractivity contribution in [2.24, 2.45) is 0 Å². The number of furan rings is 1. The van der Waals surface area contributed by atoms with Gasteiger partial charge in [-0.15, -0.1) is 11.3 Å². The van der Waals surface area contributed by atoms with E-state index >= 15 is 0 Å². The zero-order chi connectivity index (χ0) is 28.8. The molecule has 0 bridgehead atoms. The zero-order valence-electron chi connectivity index (χ0n) is 23.3. The molecule has 0 aliphatic carbocycles. The third-order valence-electron chi connectivity index (χ3n) is 8.66. The molecular formula is C39H21N3OS.